The van der Waals surface area contributed by atoms with E-state index in [4.69, 9.17) is 27.9 Å². The topological polar surface area (TPSA) is 55.4 Å². The van der Waals surface area contributed by atoms with Crippen molar-refractivity contribution in [1.29, 1.82) is 0 Å². The number of rotatable bonds is 4. The van der Waals surface area contributed by atoms with E-state index < -0.39 is 5.41 Å². The molecular weight excluding hydrogens is 289 g/mol. The van der Waals surface area contributed by atoms with Gasteiger partial charge in [-0.15, -0.1) is 0 Å². The first-order valence-corrected chi connectivity index (χ1v) is 6.54. The summed E-state index contributed by atoms with van der Waals surface area (Å²) in [5.41, 5.74) is -0.233. The third kappa shape index (κ3) is 2.61. The zero-order valence-corrected chi connectivity index (χ0v) is 11.8. The average Bonchev–Trinajstić information content (AvgIpc) is 2.66. The van der Waals surface area contributed by atoms with Gasteiger partial charge in [0.2, 0.25) is 11.8 Å². The highest BCUT2D eigenvalue weighted by Crippen LogP contribution is 2.38. The number of halogens is 2. The first kappa shape index (κ1) is 14.3. The van der Waals surface area contributed by atoms with E-state index in [1.807, 2.05) is 0 Å². The molecule has 0 spiro atoms. The Hall–Kier alpha value is -1.10. The van der Waals surface area contributed by atoms with Crippen LogP contribution in [0.25, 0.3) is 0 Å². The molecular formula is C13H13Cl2NO3. The average molecular weight is 302 g/mol. The Bertz CT molecular complexity index is 533. The van der Waals surface area contributed by atoms with E-state index in [0.717, 1.165) is 0 Å². The summed E-state index contributed by atoms with van der Waals surface area (Å²) in [7, 11) is 1.55. The molecule has 1 aromatic rings. The fraction of sp³-hybridized carbons (Fsp3) is 0.385. The molecule has 0 bridgehead atoms. The Morgan fingerprint density at radius 2 is 2.05 bits per heavy atom. The molecule has 6 heteroatoms. The summed E-state index contributed by atoms with van der Waals surface area (Å²) in [6.07, 6.45) is 0.520. The number of imide groups is 1. The number of carbonyl (C=O) groups excluding carboxylic acids is 2. The molecule has 102 valence electrons. The van der Waals surface area contributed by atoms with Gasteiger partial charge in [-0.05, 0) is 24.1 Å². The molecule has 1 saturated heterocycles. The summed E-state index contributed by atoms with van der Waals surface area (Å²) >= 11 is 11.9. The van der Waals surface area contributed by atoms with Gasteiger partial charge in [0.1, 0.15) is 0 Å². The smallest absolute Gasteiger partial charge is 0.237 e. The van der Waals surface area contributed by atoms with Crippen LogP contribution in [0, 0.1) is 0 Å². The predicted molar refractivity (Wildman–Crippen MR) is 72.4 cm³/mol. The van der Waals surface area contributed by atoms with Gasteiger partial charge < -0.3 is 4.74 Å². The van der Waals surface area contributed by atoms with Gasteiger partial charge in [-0.3, -0.25) is 14.9 Å². The predicted octanol–water partition coefficient (Wildman–Crippen LogP) is 2.31. The van der Waals surface area contributed by atoms with Gasteiger partial charge in [0.25, 0.3) is 0 Å². The number of carbonyl (C=O) groups is 2. The third-order valence-corrected chi connectivity index (χ3v) is 4.09. The van der Waals surface area contributed by atoms with Crippen molar-refractivity contribution in [3.8, 4) is 0 Å². The largest absolute Gasteiger partial charge is 0.385 e. The van der Waals surface area contributed by atoms with Crippen LogP contribution in [-0.2, 0) is 19.7 Å². The van der Waals surface area contributed by atoms with Crippen molar-refractivity contribution in [1.82, 2.24) is 5.32 Å². The zero-order chi connectivity index (χ0) is 14.0. The number of hydrogen-bond donors (Lipinski definition) is 1. The van der Waals surface area contributed by atoms with E-state index in [9.17, 15) is 9.59 Å². The highest BCUT2D eigenvalue weighted by Gasteiger charge is 2.47. The highest BCUT2D eigenvalue weighted by atomic mass is 35.5. The van der Waals surface area contributed by atoms with Crippen molar-refractivity contribution in [2.24, 2.45) is 0 Å². The lowest BCUT2D eigenvalue weighted by Crippen LogP contribution is -2.36. The SMILES string of the molecule is COCCC1(c2ccc(Cl)c(Cl)c2)CC(=O)NC1=O. The number of benzene rings is 1. The van der Waals surface area contributed by atoms with Gasteiger partial charge >= 0.3 is 0 Å². The summed E-state index contributed by atoms with van der Waals surface area (Å²) in [5, 5.41) is 3.12. The van der Waals surface area contributed by atoms with E-state index in [1.165, 1.54) is 0 Å². The van der Waals surface area contributed by atoms with Gasteiger partial charge in [-0.2, -0.15) is 0 Å². The molecule has 1 atom stereocenters. The molecule has 2 rings (SSSR count). The fourth-order valence-corrected chi connectivity index (χ4v) is 2.59. The Balaban J connectivity index is 2.45. The van der Waals surface area contributed by atoms with E-state index in [2.05, 4.69) is 5.32 Å². The molecule has 1 heterocycles. The fourth-order valence-electron chi connectivity index (χ4n) is 2.29. The van der Waals surface area contributed by atoms with Crippen LogP contribution >= 0.6 is 23.2 Å². The molecule has 2 amide bonds. The van der Waals surface area contributed by atoms with Crippen LogP contribution in [0.2, 0.25) is 10.0 Å². The molecule has 0 aliphatic carbocycles. The Kier molecular flexibility index (Phi) is 4.13. The van der Waals surface area contributed by atoms with E-state index >= 15 is 0 Å². The first-order valence-electron chi connectivity index (χ1n) is 5.78. The molecule has 1 unspecified atom stereocenters. The Morgan fingerprint density at radius 1 is 1.32 bits per heavy atom. The Morgan fingerprint density at radius 3 is 2.58 bits per heavy atom. The third-order valence-electron chi connectivity index (χ3n) is 3.36. The van der Waals surface area contributed by atoms with Gasteiger partial charge in [0, 0.05) is 20.1 Å². The quantitative estimate of drug-likeness (QED) is 0.868. The van der Waals surface area contributed by atoms with Crippen LogP contribution in [0.3, 0.4) is 0 Å². The molecule has 1 aromatic carbocycles. The molecule has 0 aromatic heterocycles. The second-order valence-electron chi connectivity index (χ2n) is 4.51. The van der Waals surface area contributed by atoms with Crippen LogP contribution in [0.1, 0.15) is 18.4 Å². The van der Waals surface area contributed by atoms with Crippen LogP contribution in [0.5, 0.6) is 0 Å². The maximum atomic E-state index is 12.1. The molecule has 19 heavy (non-hydrogen) atoms. The van der Waals surface area contributed by atoms with Crippen molar-refractivity contribution in [2.45, 2.75) is 18.3 Å². The van der Waals surface area contributed by atoms with Gasteiger partial charge in [-0.25, -0.2) is 0 Å². The molecule has 1 aliphatic rings. The van der Waals surface area contributed by atoms with Crippen molar-refractivity contribution in [2.75, 3.05) is 13.7 Å². The van der Waals surface area contributed by atoms with Crippen molar-refractivity contribution in [3.63, 3.8) is 0 Å². The van der Waals surface area contributed by atoms with Crippen LogP contribution in [-0.4, -0.2) is 25.5 Å². The molecule has 4 nitrogen and oxygen atoms in total. The van der Waals surface area contributed by atoms with Crippen molar-refractivity contribution < 1.29 is 14.3 Å². The minimum Gasteiger partial charge on any atom is -0.385 e. The lowest BCUT2D eigenvalue weighted by atomic mass is 9.76. The second-order valence-corrected chi connectivity index (χ2v) is 5.32. The number of methoxy groups -OCH3 is 1. The standard InChI is InChI=1S/C13H13Cl2NO3/c1-19-5-4-13(7-11(17)16-12(13)18)8-2-3-9(14)10(15)6-8/h2-3,6H,4-5,7H2,1H3,(H,16,17,18). The number of ether oxygens (including phenoxy) is 1. The van der Waals surface area contributed by atoms with Crippen molar-refractivity contribution in [3.05, 3.63) is 33.8 Å². The molecule has 1 aliphatic heterocycles. The molecule has 1 fully saturated rings. The van der Waals surface area contributed by atoms with Crippen LogP contribution in [0.15, 0.2) is 18.2 Å². The van der Waals surface area contributed by atoms with Gasteiger partial charge in [0.05, 0.1) is 15.5 Å². The maximum absolute atomic E-state index is 12.1. The summed E-state index contributed by atoms with van der Waals surface area (Å²) in [4.78, 5) is 23.7. The summed E-state index contributed by atoms with van der Waals surface area (Å²) < 4.78 is 5.04. The number of amides is 2. The van der Waals surface area contributed by atoms with E-state index in [0.29, 0.717) is 28.6 Å². The minimum absolute atomic E-state index is 0.104. The Labute approximate surface area is 121 Å². The number of hydrogen-bond acceptors (Lipinski definition) is 3. The second kappa shape index (κ2) is 5.49. The van der Waals surface area contributed by atoms with E-state index in [-0.39, 0.29) is 18.2 Å². The van der Waals surface area contributed by atoms with Crippen LogP contribution < -0.4 is 5.32 Å². The summed E-state index contributed by atoms with van der Waals surface area (Å²) in [5.74, 6) is -0.597. The minimum atomic E-state index is -0.915. The first-order chi connectivity index (χ1) is 8.99. The monoisotopic (exact) mass is 301 g/mol. The van der Waals surface area contributed by atoms with Gasteiger partial charge in [0.15, 0.2) is 0 Å². The molecule has 1 N–H and O–H groups in total. The lowest BCUT2D eigenvalue weighted by Gasteiger charge is -2.25. The maximum Gasteiger partial charge on any atom is 0.237 e. The van der Waals surface area contributed by atoms with E-state index in [1.54, 1.807) is 25.3 Å². The van der Waals surface area contributed by atoms with Crippen LogP contribution in [0.4, 0.5) is 0 Å². The highest BCUT2D eigenvalue weighted by molar-refractivity contribution is 6.42. The molecule has 0 radical (unpaired) electrons. The summed E-state index contributed by atoms with van der Waals surface area (Å²) in [6.45, 7) is 0.376. The summed E-state index contributed by atoms with van der Waals surface area (Å²) in [6, 6.07) is 4.99. The number of nitrogens with one attached hydrogen (secondary N) is 1. The normalized spacial score (nSPS) is 22.7. The van der Waals surface area contributed by atoms with Crippen molar-refractivity contribution >= 4 is 35.0 Å². The lowest BCUT2D eigenvalue weighted by molar-refractivity contribution is -0.126. The molecule has 0 saturated carbocycles. The van der Waals surface area contributed by atoms with Gasteiger partial charge in [-0.1, -0.05) is 29.3 Å². The zero-order valence-electron chi connectivity index (χ0n) is 10.3.